The van der Waals surface area contributed by atoms with Crippen molar-refractivity contribution in [2.45, 2.75) is 13.5 Å². The molecule has 0 atom stereocenters. The van der Waals surface area contributed by atoms with Crippen LogP contribution in [-0.4, -0.2) is 11.0 Å². The molecule has 0 saturated heterocycles. The Hall–Kier alpha value is -2.59. The fourth-order valence-electron chi connectivity index (χ4n) is 2.28. The molecule has 0 radical (unpaired) electrons. The van der Waals surface area contributed by atoms with E-state index in [0.29, 0.717) is 16.1 Å². The number of rotatable bonds is 3. The summed E-state index contributed by atoms with van der Waals surface area (Å²) in [6.07, 6.45) is 0. The summed E-state index contributed by atoms with van der Waals surface area (Å²) in [7, 11) is 0. The van der Waals surface area contributed by atoms with Crippen molar-refractivity contribution >= 4 is 28.5 Å². The van der Waals surface area contributed by atoms with Gasteiger partial charge in [0.2, 0.25) is 0 Å². The molecular formula is C18H14ClNO3. The summed E-state index contributed by atoms with van der Waals surface area (Å²) in [4.78, 5) is 26.9. The van der Waals surface area contributed by atoms with Crippen molar-refractivity contribution < 1.29 is 9.53 Å². The van der Waals surface area contributed by atoms with Gasteiger partial charge in [0.05, 0.1) is 11.1 Å². The zero-order valence-corrected chi connectivity index (χ0v) is 13.2. The fourth-order valence-corrected chi connectivity index (χ4v) is 2.41. The predicted octanol–water partition coefficient (Wildman–Crippen LogP) is 3.85. The summed E-state index contributed by atoms with van der Waals surface area (Å²) in [5.41, 5.74) is 2.37. The third-order valence-electron chi connectivity index (χ3n) is 3.52. The van der Waals surface area contributed by atoms with Gasteiger partial charge in [-0.2, -0.15) is 0 Å². The van der Waals surface area contributed by atoms with Crippen molar-refractivity contribution in [1.82, 2.24) is 4.98 Å². The van der Waals surface area contributed by atoms with E-state index in [2.05, 4.69) is 4.98 Å². The van der Waals surface area contributed by atoms with Crippen LogP contribution >= 0.6 is 11.6 Å². The molecule has 3 rings (SSSR count). The summed E-state index contributed by atoms with van der Waals surface area (Å²) < 4.78 is 5.21. The van der Waals surface area contributed by atoms with Gasteiger partial charge in [-0.15, -0.1) is 0 Å². The van der Waals surface area contributed by atoms with Crippen molar-refractivity contribution in [1.29, 1.82) is 0 Å². The van der Waals surface area contributed by atoms with Gasteiger partial charge < -0.3 is 9.72 Å². The summed E-state index contributed by atoms with van der Waals surface area (Å²) in [5.74, 6) is -0.495. The van der Waals surface area contributed by atoms with E-state index in [1.165, 1.54) is 0 Å². The third-order valence-corrected chi connectivity index (χ3v) is 3.77. The number of aryl methyl sites for hydroxylation is 1. The molecule has 2 aromatic carbocycles. The first-order valence-electron chi connectivity index (χ1n) is 7.08. The molecule has 0 aliphatic rings. The summed E-state index contributed by atoms with van der Waals surface area (Å²) in [6, 6.07) is 13.9. The third kappa shape index (κ3) is 3.43. The van der Waals surface area contributed by atoms with Crippen LogP contribution in [0.5, 0.6) is 0 Å². The van der Waals surface area contributed by atoms with Crippen LogP contribution in [0.3, 0.4) is 0 Å². The number of carbonyl (C=O) groups excluding carboxylic acids is 1. The number of benzene rings is 2. The second-order valence-electron chi connectivity index (χ2n) is 5.30. The molecule has 0 spiro atoms. The Bertz CT molecular complexity index is 929. The van der Waals surface area contributed by atoms with E-state index in [1.54, 1.807) is 30.3 Å². The maximum Gasteiger partial charge on any atom is 0.338 e. The van der Waals surface area contributed by atoms with Crippen molar-refractivity contribution in [2.24, 2.45) is 0 Å². The maximum atomic E-state index is 12.1. The molecule has 0 bridgehead atoms. The van der Waals surface area contributed by atoms with Gasteiger partial charge in [-0.25, -0.2) is 4.79 Å². The quantitative estimate of drug-likeness (QED) is 0.743. The topological polar surface area (TPSA) is 59.2 Å². The number of fused-ring (bicyclic) bond motifs is 1. The number of nitrogens with one attached hydrogen (secondary N) is 1. The molecule has 0 aliphatic heterocycles. The summed E-state index contributed by atoms with van der Waals surface area (Å²) in [6.45, 7) is 1.88. The molecule has 0 aliphatic carbocycles. The highest BCUT2D eigenvalue weighted by Gasteiger charge is 2.09. The molecule has 23 heavy (non-hydrogen) atoms. The number of H-pyrrole nitrogens is 1. The van der Waals surface area contributed by atoms with Crippen molar-refractivity contribution in [3.63, 3.8) is 0 Å². The Kier molecular flexibility index (Phi) is 4.17. The standard InChI is InChI=1S/C18H14ClNO3/c1-11-2-3-13-9-14(17(21)20-16(13)8-11)10-23-18(22)12-4-6-15(19)7-5-12/h2-9H,10H2,1H3,(H,20,21). The first kappa shape index (κ1) is 15.3. The largest absolute Gasteiger partial charge is 0.457 e. The zero-order chi connectivity index (χ0) is 16.4. The lowest BCUT2D eigenvalue weighted by Gasteiger charge is -2.06. The van der Waals surface area contributed by atoms with Crippen LogP contribution in [0.15, 0.2) is 53.3 Å². The van der Waals surface area contributed by atoms with Crippen molar-refractivity contribution in [2.75, 3.05) is 0 Å². The van der Waals surface area contributed by atoms with E-state index >= 15 is 0 Å². The first-order valence-corrected chi connectivity index (χ1v) is 7.46. The van der Waals surface area contributed by atoms with E-state index < -0.39 is 5.97 Å². The van der Waals surface area contributed by atoms with Crippen LogP contribution in [0, 0.1) is 6.92 Å². The number of ether oxygens (including phenoxy) is 1. The monoisotopic (exact) mass is 327 g/mol. The van der Waals surface area contributed by atoms with Gasteiger partial charge in [0.1, 0.15) is 6.61 Å². The second-order valence-corrected chi connectivity index (χ2v) is 5.73. The highest BCUT2D eigenvalue weighted by molar-refractivity contribution is 6.30. The lowest BCUT2D eigenvalue weighted by Crippen LogP contribution is -2.15. The van der Waals surface area contributed by atoms with Crippen LogP contribution in [0.25, 0.3) is 10.9 Å². The Morgan fingerprint density at radius 3 is 2.61 bits per heavy atom. The van der Waals surface area contributed by atoms with Gasteiger partial charge in [-0.3, -0.25) is 4.79 Å². The minimum absolute atomic E-state index is 0.0827. The molecule has 0 saturated carbocycles. The second kappa shape index (κ2) is 6.26. The molecular weight excluding hydrogens is 314 g/mol. The Balaban J connectivity index is 1.80. The molecule has 0 amide bonds. The molecule has 0 unspecified atom stereocenters. The van der Waals surface area contributed by atoms with Gasteiger partial charge in [-0.1, -0.05) is 23.7 Å². The SMILES string of the molecule is Cc1ccc2cc(COC(=O)c3ccc(Cl)cc3)c(=O)[nH]c2c1. The summed E-state index contributed by atoms with van der Waals surface area (Å²) >= 11 is 5.78. The Morgan fingerprint density at radius 1 is 1.13 bits per heavy atom. The van der Waals surface area contributed by atoms with E-state index in [9.17, 15) is 9.59 Å². The Labute approximate surface area is 137 Å². The zero-order valence-electron chi connectivity index (χ0n) is 12.4. The van der Waals surface area contributed by atoms with Crippen LogP contribution in [-0.2, 0) is 11.3 Å². The van der Waals surface area contributed by atoms with Crippen molar-refractivity contribution in [3.8, 4) is 0 Å². The highest BCUT2D eigenvalue weighted by atomic mass is 35.5. The molecule has 116 valence electrons. The first-order chi connectivity index (χ1) is 11.0. The van der Waals surface area contributed by atoms with Crippen LogP contribution in [0.1, 0.15) is 21.5 Å². The number of hydrogen-bond acceptors (Lipinski definition) is 3. The highest BCUT2D eigenvalue weighted by Crippen LogP contribution is 2.14. The lowest BCUT2D eigenvalue weighted by molar-refractivity contribution is 0.0471. The smallest absolute Gasteiger partial charge is 0.338 e. The number of hydrogen-bond donors (Lipinski definition) is 1. The van der Waals surface area contributed by atoms with E-state index in [-0.39, 0.29) is 12.2 Å². The average molecular weight is 328 g/mol. The van der Waals surface area contributed by atoms with Crippen LogP contribution in [0.2, 0.25) is 5.02 Å². The van der Waals surface area contributed by atoms with Gasteiger partial charge in [0.25, 0.3) is 5.56 Å². The molecule has 5 heteroatoms. The van der Waals surface area contributed by atoms with E-state index in [1.807, 2.05) is 25.1 Å². The van der Waals surface area contributed by atoms with Gasteiger partial charge in [0, 0.05) is 10.5 Å². The van der Waals surface area contributed by atoms with Crippen molar-refractivity contribution in [3.05, 3.63) is 80.6 Å². The van der Waals surface area contributed by atoms with Crippen LogP contribution in [0.4, 0.5) is 0 Å². The van der Waals surface area contributed by atoms with Gasteiger partial charge >= 0.3 is 5.97 Å². The molecule has 3 aromatic rings. The molecule has 4 nitrogen and oxygen atoms in total. The Morgan fingerprint density at radius 2 is 1.87 bits per heavy atom. The normalized spacial score (nSPS) is 10.7. The fraction of sp³-hybridized carbons (Fsp3) is 0.111. The minimum atomic E-state index is -0.495. The molecule has 1 N–H and O–H groups in total. The summed E-state index contributed by atoms with van der Waals surface area (Å²) in [5, 5.41) is 1.44. The number of aromatic nitrogens is 1. The number of halogens is 1. The number of carbonyl (C=O) groups is 1. The number of esters is 1. The average Bonchev–Trinajstić information content (AvgIpc) is 2.53. The predicted molar refractivity (Wildman–Crippen MR) is 89.9 cm³/mol. The maximum absolute atomic E-state index is 12.1. The molecule has 0 fully saturated rings. The number of pyridine rings is 1. The van der Waals surface area contributed by atoms with Crippen LogP contribution < -0.4 is 5.56 Å². The van der Waals surface area contributed by atoms with E-state index in [0.717, 1.165) is 16.5 Å². The van der Waals surface area contributed by atoms with Gasteiger partial charge in [0.15, 0.2) is 0 Å². The lowest BCUT2D eigenvalue weighted by atomic mass is 10.1. The number of aromatic amines is 1. The van der Waals surface area contributed by atoms with Gasteiger partial charge in [-0.05, 0) is 54.3 Å². The molecule has 1 heterocycles. The van der Waals surface area contributed by atoms with E-state index in [4.69, 9.17) is 16.3 Å². The molecule has 1 aromatic heterocycles. The minimum Gasteiger partial charge on any atom is -0.457 e.